The van der Waals surface area contributed by atoms with Crippen LogP contribution in [0.4, 0.5) is 0 Å². The molecule has 216 valence electrons. The monoisotopic (exact) mass is 688 g/mol. The second-order valence-electron chi connectivity index (χ2n) is 13.8. The Hall–Kier alpha value is -4.21. The molecule has 0 fully saturated rings. The predicted octanol–water partition coefficient (Wildman–Crippen LogP) is 12.5. The van der Waals surface area contributed by atoms with Crippen molar-refractivity contribution < 1.29 is 0 Å². The molecule has 0 bridgehead atoms. The van der Waals surface area contributed by atoms with Crippen LogP contribution in [0.2, 0.25) is 0 Å². The molecule has 0 saturated heterocycles. The van der Waals surface area contributed by atoms with E-state index in [0.717, 1.165) is 0 Å². The van der Waals surface area contributed by atoms with Crippen LogP contribution >= 0.6 is 22.6 Å². The van der Waals surface area contributed by atoms with Gasteiger partial charge in [0.25, 0.3) is 0 Å². The summed E-state index contributed by atoms with van der Waals surface area (Å²) in [6, 6.07) is 48.3. The SMILES string of the molecule is CC1(C)c2ccccc2-c2ccc(-c3c4ccccc4c(-c4ccc5c(c4)C(C)(C)c4ccccc4-5)c4cc(I)ccc34)cc21. The standard InChI is InChI=1S/C44H33I/c1-43(2)37-15-9-7-11-29(37)31-20-17-26(23-39(31)43)41-33-13-5-6-14-34(33)42(36-25-28(45)19-22-35(36)41)27-18-21-32-30-12-8-10-16-38(30)44(3,4)40(32)24-27/h5-25H,1-4H3. The van der Waals surface area contributed by atoms with Crippen molar-refractivity contribution in [3.63, 3.8) is 0 Å². The summed E-state index contributed by atoms with van der Waals surface area (Å²) in [5.41, 5.74) is 16.2. The molecule has 7 aromatic carbocycles. The summed E-state index contributed by atoms with van der Waals surface area (Å²) >= 11 is 2.48. The lowest BCUT2D eigenvalue weighted by Gasteiger charge is -2.24. The summed E-state index contributed by atoms with van der Waals surface area (Å²) in [6.07, 6.45) is 0. The minimum Gasteiger partial charge on any atom is -0.0619 e. The highest BCUT2D eigenvalue weighted by Crippen LogP contribution is 2.53. The van der Waals surface area contributed by atoms with Crippen molar-refractivity contribution in [2.45, 2.75) is 38.5 Å². The Morgan fingerprint density at radius 1 is 0.378 bits per heavy atom. The zero-order valence-electron chi connectivity index (χ0n) is 26.0. The van der Waals surface area contributed by atoms with Gasteiger partial charge in [0.05, 0.1) is 0 Å². The van der Waals surface area contributed by atoms with E-state index in [-0.39, 0.29) is 10.8 Å². The fourth-order valence-corrected chi connectivity index (χ4v) is 8.98. The molecule has 9 rings (SSSR count). The van der Waals surface area contributed by atoms with E-state index >= 15 is 0 Å². The molecule has 0 aromatic heterocycles. The van der Waals surface area contributed by atoms with Crippen LogP contribution in [0.5, 0.6) is 0 Å². The molecule has 1 heteroatoms. The zero-order chi connectivity index (χ0) is 30.7. The van der Waals surface area contributed by atoms with Crippen LogP contribution < -0.4 is 0 Å². The fourth-order valence-electron chi connectivity index (χ4n) is 8.49. The largest absolute Gasteiger partial charge is 0.0619 e. The fraction of sp³-hybridized carbons (Fsp3) is 0.136. The first-order chi connectivity index (χ1) is 21.7. The maximum Gasteiger partial charge on any atom is 0.0159 e. The van der Waals surface area contributed by atoms with Gasteiger partial charge < -0.3 is 0 Å². The van der Waals surface area contributed by atoms with Gasteiger partial charge in [0.2, 0.25) is 0 Å². The summed E-state index contributed by atoms with van der Waals surface area (Å²) in [4.78, 5) is 0. The summed E-state index contributed by atoms with van der Waals surface area (Å²) < 4.78 is 1.25. The molecule has 45 heavy (non-hydrogen) atoms. The van der Waals surface area contributed by atoms with Gasteiger partial charge in [-0.2, -0.15) is 0 Å². The molecule has 0 atom stereocenters. The molecule has 0 spiro atoms. The van der Waals surface area contributed by atoms with Crippen molar-refractivity contribution in [1.29, 1.82) is 0 Å². The van der Waals surface area contributed by atoms with Crippen molar-refractivity contribution >= 4 is 44.1 Å². The van der Waals surface area contributed by atoms with E-state index in [2.05, 4.69) is 178 Å². The molecule has 2 aliphatic rings. The van der Waals surface area contributed by atoms with Crippen molar-refractivity contribution in [1.82, 2.24) is 0 Å². The van der Waals surface area contributed by atoms with Crippen LogP contribution in [0.25, 0.3) is 66.1 Å². The van der Waals surface area contributed by atoms with Gasteiger partial charge in [-0.05, 0) is 135 Å². The normalized spacial score (nSPS) is 15.1. The zero-order valence-corrected chi connectivity index (χ0v) is 28.2. The molecule has 7 aromatic rings. The Balaban J connectivity index is 1.32. The molecule has 0 radical (unpaired) electrons. The molecule has 0 amide bonds. The molecular weight excluding hydrogens is 655 g/mol. The first kappa shape index (κ1) is 27.1. The maximum absolute atomic E-state index is 2.48. The highest BCUT2D eigenvalue weighted by Gasteiger charge is 2.37. The highest BCUT2D eigenvalue weighted by atomic mass is 127. The van der Waals surface area contributed by atoms with Crippen LogP contribution in [-0.2, 0) is 10.8 Å². The maximum atomic E-state index is 2.48. The van der Waals surface area contributed by atoms with Crippen LogP contribution in [-0.4, -0.2) is 0 Å². The van der Waals surface area contributed by atoms with Gasteiger partial charge in [-0.1, -0.05) is 131 Å². The first-order valence-corrected chi connectivity index (χ1v) is 17.0. The third kappa shape index (κ3) is 3.71. The van der Waals surface area contributed by atoms with Crippen molar-refractivity contribution in [2.75, 3.05) is 0 Å². The van der Waals surface area contributed by atoms with Crippen LogP contribution in [0.3, 0.4) is 0 Å². The Kier molecular flexibility index (Phi) is 5.67. The first-order valence-electron chi connectivity index (χ1n) is 15.9. The summed E-state index contributed by atoms with van der Waals surface area (Å²) in [5, 5.41) is 5.23. The van der Waals surface area contributed by atoms with E-state index in [1.165, 1.54) is 91.9 Å². The van der Waals surface area contributed by atoms with Gasteiger partial charge >= 0.3 is 0 Å². The minimum atomic E-state index is -0.0449. The number of hydrogen-bond acceptors (Lipinski definition) is 0. The lowest BCUT2D eigenvalue weighted by molar-refractivity contribution is 0.660. The topological polar surface area (TPSA) is 0 Å². The summed E-state index contributed by atoms with van der Waals surface area (Å²) in [6.45, 7) is 9.49. The van der Waals surface area contributed by atoms with Gasteiger partial charge in [-0.25, -0.2) is 0 Å². The number of hydrogen-bond donors (Lipinski definition) is 0. The average molecular weight is 689 g/mol. The van der Waals surface area contributed by atoms with E-state index in [1.807, 2.05) is 0 Å². The van der Waals surface area contributed by atoms with Gasteiger partial charge in [0.15, 0.2) is 0 Å². The van der Waals surface area contributed by atoms with E-state index in [9.17, 15) is 0 Å². The van der Waals surface area contributed by atoms with Crippen molar-refractivity contribution in [3.05, 3.63) is 153 Å². The highest BCUT2D eigenvalue weighted by molar-refractivity contribution is 14.1. The van der Waals surface area contributed by atoms with E-state index in [1.54, 1.807) is 0 Å². The van der Waals surface area contributed by atoms with Crippen molar-refractivity contribution in [3.8, 4) is 44.5 Å². The lowest BCUT2D eigenvalue weighted by atomic mass is 9.79. The third-order valence-electron chi connectivity index (χ3n) is 10.7. The third-order valence-corrected chi connectivity index (χ3v) is 11.4. The van der Waals surface area contributed by atoms with Crippen LogP contribution in [0.1, 0.15) is 49.9 Å². The quantitative estimate of drug-likeness (QED) is 0.125. The van der Waals surface area contributed by atoms with E-state index < -0.39 is 0 Å². The number of benzene rings is 7. The molecule has 0 heterocycles. The number of fused-ring (bicyclic) bond motifs is 8. The summed E-state index contributed by atoms with van der Waals surface area (Å²) in [5.74, 6) is 0. The van der Waals surface area contributed by atoms with E-state index in [4.69, 9.17) is 0 Å². The lowest BCUT2D eigenvalue weighted by Crippen LogP contribution is -2.15. The molecule has 0 saturated carbocycles. The molecule has 0 nitrogen and oxygen atoms in total. The minimum absolute atomic E-state index is 0.0440. The van der Waals surface area contributed by atoms with Crippen LogP contribution in [0.15, 0.2) is 127 Å². The second kappa shape index (κ2) is 9.40. The average Bonchev–Trinajstić information content (AvgIpc) is 3.43. The molecular formula is C44H33I. The molecule has 2 aliphatic carbocycles. The Bertz CT molecular complexity index is 2390. The Morgan fingerprint density at radius 3 is 1.33 bits per heavy atom. The second-order valence-corrected chi connectivity index (χ2v) is 15.1. The van der Waals surface area contributed by atoms with Crippen LogP contribution in [0, 0.1) is 3.57 Å². The Morgan fingerprint density at radius 2 is 0.800 bits per heavy atom. The smallest absolute Gasteiger partial charge is 0.0159 e. The predicted molar refractivity (Wildman–Crippen MR) is 200 cm³/mol. The number of rotatable bonds is 2. The molecule has 0 N–H and O–H groups in total. The summed E-state index contributed by atoms with van der Waals surface area (Å²) in [7, 11) is 0. The van der Waals surface area contributed by atoms with Gasteiger partial charge in [-0.3, -0.25) is 0 Å². The molecule has 0 aliphatic heterocycles. The molecule has 0 unspecified atom stereocenters. The van der Waals surface area contributed by atoms with E-state index in [0.29, 0.717) is 0 Å². The number of halogens is 1. The van der Waals surface area contributed by atoms with Gasteiger partial charge in [0, 0.05) is 14.4 Å². The van der Waals surface area contributed by atoms with Gasteiger partial charge in [0.1, 0.15) is 0 Å². The van der Waals surface area contributed by atoms with Gasteiger partial charge in [-0.15, -0.1) is 0 Å². The Labute approximate surface area is 278 Å². The van der Waals surface area contributed by atoms with Crippen molar-refractivity contribution in [2.24, 2.45) is 0 Å².